The Morgan fingerprint density at radius 2 is 2.09 bits per heavy atom. The van der Waals surface area contributed by atoms with Gasteiger partial charge in [0.05, 0.1) is 10.7 Å². The van der Waals surface area contributed by atoms with Crippen LogP contribution in [-0.4, -0.2) is 24.3 Å². The standard InChI is InChI=1S/C18H27ClN2O2/c1-12-8-9-14(19)16(10-12)21-15-7-5-6-13(15)11-20-17(22)23-18(2,3)4/h8-10,13,15,21H,5-7,11H2,1-4H3,(H,20,22). The summed E-state index contributed by atoms with van der Waals surface area (Å²) in [4.78, 5) is 11.8. The van der Waals surface area contributed by atoms with Crippen LogP contribution in [0.1, 0.15) is 45.6 Å². The minimum atomic E-state index is -0.466. The summed E-state index contributed by atoms with van der Waals surface area (Å²) in [5, 5.41) is 7.17. The summed E-state index contributed by atoms with van der Waals surface area (Å²) in [6, 6.07) is 6.31. The highest BCUT2D eigenvalue weighted by Crippen LogP contribution is 2.31. The van der Waals surface area contributed by atoms with Crippen molar-refractivity contribution in [1.82, 2.24) is 5.32 Å². The normalized spacial score (nSPS) is 21.1. The molecule has 23 heavy (non-hydrogen) atoms. The molecule has 2 unspecified atom stereocenters. The minimum Gasteiger partial charge on any atom is -0.444 e. The summed E-state index contributed by atoms with van der Waals surface area (Å²) in [5.74, 6) is 0.388. The van der Waals surface area contributed by atoms with Gasteiger partial charge < -0.3 is 15.4 Å². The van der Waals surface area contributed by atoms with Gasteiger partial charge in [0.2, 0.25) is 0 Å². The van der Waals surface area contributed by atoms with Crippen LogP contribution in [-0.2, 0) is 4.74 Å². The average Bonchev–Trinajstić information content (AvgIpc) is 2.86. The number of anilines is 1. The Labute approximate surface area is 143 Å². The van der Waals surface area contributed by atoms with E-state index in [1.165, 1.54) is 5.56 Å². The molecule has 0 aliphatic heterocycles. The second-order valence-corrected chi connectivity index (χ2v) is 7.72. The molecule has 2 atom stereocenters. The Bertz CT molecular complexity index is 554. The van der Waals surface area contributed by atoms with Crippen molar-refractivity contribution in [3.63, 3.8) is 0 Å². The number of aryl methyl sites for hydroxylation is 1. The third kappa shape index (κ3) is 5.61. The van der Waals surface area contributed by atoms with Crippen LogP contribution in [0.4, 0.5) is 10.5 Å². The van der Waals surface area contributed by atoms with Crippen LogP contribution in [0.2, 0.25) is 5.02 Å². The van der Waals surface area contributed by atoms with Crippen molar-refractivity contribution < 1.29 is 9.53 Å². The molecule has 5 heteroatoms. The molecule has 1 aromatic carbocycles. The number of halogens is 1. The van der Waals surface area contributed by atoms with E-state index in [0.29, 0.717) is 18.5 Å². The van der Waals surface area contributed by atoms with E-state index < -0.39 is 5.60 Å². The van der Waals surface area contributed by atoms with E-state index in [2.05, 4.69) is 23.6 Å². The molecule has 0 aromatic heterocycles. The summed E-state index contributed by atoms with van der Waals surface area (Å²) in [7, 11) is 0. The SMILES string of the molecule is Cc1ccc(Cl)c(NC2CCCC2CNC(=O)OC(C)(C)C)c1. The molecule has 2 rings (SSSR count). The lowest BCUT2D eigenvalue weighted by atomic mass is 10.0. The lowest BCUT2D eigenvalue weighted by Gasteiger charge is -2.24. The minimum absolute atomic E-state index is 0.323. The third-order valence-electron chi connectivity index (χ3n) is 4.03. The van der Waals surface area contributed by atoms with Crippen LogP contribution in [0.5, 0.6) is 0 Å². The quantitative estimate of drug-likeness (QED) is 0.832. The van der Waals surface area contributed by atoms with Crippen LogP contribution in [0.25, 0.3) is 0 Å². The summed E-state index contributed by atoms with van der Waals surface area (Å²) in [6.07, 6.45) is 2.99. The zero-order chi connectivity index (χ0) is 17.0. The largest absolute Gasteiger partial charge is 0.444 e. The molecular weight excluding hydrogens is 312 g/mol. The maximum atomic E-state index is 11.8. The fourth-order valence-electron chi connectivity index (χ4n) is 2.95. The van der Waals surface area contributed by atoms with Crippen molar-refractivity contribution in [2.75, 3.05) is 11.9 Å². The Morgan fingerprint density at radius 3 is 2.78 bits per heavy atom. The number of hydrogen-bond donors (Lipinski definition) is 2. The Morgan fingerprint density at radius 1 is 1.35 bits per heavy atom. The topological polar surface area (TPSA) is 50.4 Å². The third-order valence-corrected chi connectivity index (χ3v) is 4.36. The molecule has 4 nitrogen and oxygen atoms in total. The first-order chi connectivity index (χ1) is 10.7. The van der Waals surface area contributed by atoms with Gasteiger partial charge in [0, 0.05) is 12.6 Å². The average molecular weight is 339 g/mol. The van der Waals surface area contributed by atoms with Crippen LogP contribution >= 0.6 is 11.6 Å². The highest BCUT2D eigenvalue weighted by atomic mass is 35.5. The number of carbonyl (C=O) groups is 1. The van der Waals surface area contributed by atoms with Gasteiger partial charge in [-0.3, -0.25) is 0 Å². The number of amides is 1. The number of carbonyl (C=O) groups excluding carboxylic acids is 1. The second kappa shape index (κ2) is 7.43. The zero-order valence-electron chi connectivity index (χ0n) is 14.4. The Hall–Kier alpha value is -1.42. The van der Waals surface area contributed by atoms with Crippen molar-refractivity contribution in [3.05, 3.63) is 28.8 Å². The number of alkyl carbamates (subject to hydrolysis) is 1. The first-order valence-electron chi connectivity index (χ1n) is 8.24. The van der Waals surface area contributed by atoms with Gasteiger partial charge in [0.15, 0.2) is 0 Å². The van der Waals surface area contributed by atoms with Gasteiger partial charge in [0.25, 0.3) is 0 Å². The van der Waals surface area contributed by atoms with E-state index in [9.17, 15) is 4.79 Å². The molecule has 128 valence electrons. The molecule has 2 N–H and O–H groups in total. The molecule has 1 aliphatic carbocycles. The molecule has 0 bridgehead atoms. The van der Waals surface area contributed by atoms with Crippen molar-refractivity contribution in [2.24, 2.45) is 5.92 Å². The molecule has 1 amide bonds. The van der Waals surface area contributed by atoms with E-state index in [4.69, 9.17) is 16.3 Å². The fraction of sp³-hybridized carbons (Fsp3) is 0.611. The Balaban J connectivity index is 1.90. The molecule has 0 radical (unpaired) electrons. The lowest BCUT2D eigenvalue weighted by molar-refractivity contribution is 0.0519. The number of rotatable bonds is 4. The van der Waals surface area contributed by atoms with Crippen LogP contribution < -0.4 is 10.6 Å². The second-order valence-electron chi connectivity index (χ2n) is 7.31. The summed E-state index contributed by atoms with van der Waals surface area (Å²) >= 11 is 6.27. The number of benzene rings is 1. The first kappa shape index (κ1) is 17.9. The van der Waals surface area contributed by atoms with E-state index >= 15 is 0 Å². The summed E-state index contributed by atoms with van der Waals surface area (Å²) in [5.41, 5.74) is 1.69. The highest BCUT2D eigenvalue weighted by molar-refractivity contribution is 6.33. The van der Waals surface area contributed by atoms with Gasteiger partial charge in [-0.25, -0.2) is 4.79 Å². The smallest absolute Gasteiger partial charge is 0.407 e. The van der Waals surface area contributed by atoms with E-state index in [1.54, 1.807) is 0 Å². The fourth-order valence-corrected chi connectivity index (χ4v) is 3.12. The predicted octanol–water partition coefficient (Wildman–Crippen LogP) is 4.75. The van der Waals surface area contributed by atoms with E-state index in [1.807, 2.05) is 32.9 Å². The number of nitrogens with one attached hydrogen (secondary N) is 2. The molecule has 1 aliphatic rings. The van der Waals surface area contributed by atoms with Crippen LogP contribution in [0.15, 0.2) is 18.2 Å². The van der Waals surface area contributed by atoms with Gasteiger partial charge in [-0.2, -0.15) is 0 Å². The van der Waals surface area contributed by atoms with Gasteiger partial charge in [-0.15, -0.1) is 0 Å². The zero-order valence-corrected chi connectivity index (χ0v) is 15.2. The van der Waals surface area contributed by atoms with Gasteiger partial charge >= 0.3 is 6.09 Å². The van der Waals surface area contributed by atoms with Gasteiger partial charge in [0.1, 0.15) is 5.60 Å². The molecule has 1 aromatic rings. The molecule has 0 heterocycles. The number of ether oxygens (including phenoxy) is 1. The lowest BCUT2D eigenvalue weighted by Crippen LogP contribution is -2.38. The molecule has 1 fully saturated rings. The van der Waals surface area contributed by atoms with Crippen molar-refractivity contribution in [1.29, 1.82) is 0 Å². The van der Waals surface area contributed by atoms with Gasteiger partial charge in [-0.05, 0) is 64.2 Å². The van der Waals surface area contributed by atoms with E-state index in [0.717, 1.165) is 30.0 Å². The molecule has 0 spiro atoms. The summed E-state index contributed by atoms with van der Waals surface area (Å²) < 4.78 is 5.29. The van der Waals surface area contributed by atoms with Crippen LogP contribution in [0, 0.1) is 12.8 Å². The first-order valence-corrected chi connectivity index (χ1v) is 8.62. The monoisotopic (exact) mass is 338 g/mol. The summed E-state index contributed by atoms with van der Waals surface area (Å²) in [6.45, 7) is 8.28. The molecular formula is C18H27ClN2O2. The van der Waals surface area contributed by atoms with Crippen LogP contribution in [0.3, 0.4) is 0 Å². The predicted molar refractivity (Wildman–Crippen MR) is 95.2 cm³/mol. The van der Waals surface area contributed by atoms with Gasteiger partial charge in [-0.1, -0.05) is 24.1 Å². The number of hydrogen-bond acceptors (Lipinski definition) is 3. The Kier molecular flexibility index (Phi) is 5.79. The van der Waals surface area contributed by atoms with Crippen molar-refractivity contribution in [3.8, 4) is 0 Å². The highest BCUT2D eigenvalue weighted by Gasteiger charge is 2.28. The molecule has 1 saturated carbocycles. The van der Waals surface area contributed by atoms with Crippen molar-refractivity contribution in [2.45, 2.75) is 58.6 Å². The molecule has 0 saturated heterocycles. The maximum Gasteiger partial charge on any atom is 0.407 e. The maximum absolute atomic E-state index is 11.8. The van der Waals surface area contributed by atoms with Crippen molar-refractivity contribution >= 4 is 23.4 Å². The van der Waals surface area contributed by atoms with E-state index in [-0.39, 0.29) is 6.09 Å².